The third-order valence-electron chi connectivity index (χ3n) is 3.70. The van der Waals surface area contributed by atoms with E-state index < -0.39 is 0 Å². The molecule has 20 heavy (non-hydrogen) atoms. The number of benzene rings is 1. The molecule has 1 aliphatic rings. The topological polar surface area (TPSA) is 51.4 Å². The minimum atomic E-state index is -0.288. The second kappa shape index (κ2) is 3.63. The Hall–Kier alpha value is -2.75. The molecule has 0 saturated heterocycles. The van der Waals surface area contributed by atoms with Gasteiger partial charge in [0, 0.05) is 16.8 Å². The van der Waals surface area contributed by atoms with Crippen LogP contribution in [0, 0.1) is 6.92 Å². The average Bonchev–Trinajstić information content (AvgIpc) is 2.73. The first-order chi connectivity index (χ1) is 9.68. The maximum absolute atomic E-state index is 12.6. The van der Waals surface area contributed by atoms with E-state index in [1.54, 1.807) is 18.2 Å². The van der Waals surface area contributed by atoms with E-state index in [1.165, 1.54) is 4.40 Å². The Kier molecular flexibility index (Phi) is 2.02. The Morgan fingerprint density at radius 2 is 1.70 bits per heavy atom. The number of hydrogen-bond donors (Lipinski definition) is 0. The molecule has 0 fully saturated rings. The molecule has 3 aromatic rings. The fraction of sp³-hybridized carbons (Fsp3) is 0.0625. The van der Waals surface area contributed by atoms with Crippen LogP contribution in [0.4, 0.5) is 0 Å². The van der Waals surface area contributed by atoms with Crippen LogP contribution in [-0.2, 0) is 0 Å². The van der Waals surface area contributed by atoms with Gasteiger partial charge in [0.15, 0.2) is 0 Å². The molecular weight excluding hydrogens is 252 g/mol. The zero-order valence-corrected chi connectivity index (χ0v) is 10.8. The summed E-state index contributed by atoms with van der Waals surface area (Å²) in [4.78, 5) is 29.5. The van der Waals surface area contributed by atoms with Gasteiger partial charge in [-0.15, -0.1) is 0 Å². The summed E-state index contributed by atoms with van der Waals surface area (Å²) in [6.07, 6.45) is 0. The highest BCUT2D eigenvalue weighted by Crippen LogP contribution is 2.33. The van der Waals surface area contributed by atoms with Gasteiger partial charge in [-0.3, -0.25) is 14.0 Å². The largest absolute Gasteiger partial charge is 0.288 e. The molecule has 4 rings (SSSR count). The van der Waals surface area contributed by atoms with Crippen LogP contribution in [0.3, 0.4) is 0 Å². The molecule has 1 aliphatic carbocycles. The summed E-state index contributed by atoms with van der Waals surface area (Å²) in [6.45, 7) is 1.83. The number of nitrogens with zero attached hydrogens (tertiary/aromatic N) is 2. The van der Waals surface area contributed by atoms with E-state index in [-0.39, 0.29) is 16.9 Å². The minimum Gasteiger partial charge on any atom is -0.288 e. The van der Waals surface area contributed by atoms with Crippen molar-refractivity contribution in [2.45, 2.75) is 6.92 Å². The monoisotopic (exact) mass is 262 g/mol. The van der Waals surface area contributed by atoms with Crippen LogP contribution in [0.1, 0.15) is 21.6 Å². The SMILES string of the molecule is Cc1cccc2nc3c(c(=O)n12)C(=O)c1ccccc1-3. The second-order valence-electron chi connectivity index (χ2n) is 4.88. The van der Waals surface area contributed by atoms with Crippen LogP contribution in [0.15, 0.2) is 47.3 Å². The van der Waals surface area contributed by atoms with E-state index in [9.17, 15) is 9.59 Å². The molecule has 0 spiro atoms. The summed E-state index contributed by atoms with van der Waals surface area (Å²) < 4.78 is 1.49. The number of carbonyl (C=O) groups excluding carboxylic acids is 1. The van der Waals surface area contributed by atoms with Gasteiger partial charge in [-0.2, -0.15) is 0 Å². The van der Waals surface area contributed by atoms with E-state index in [1.807, 2.05) is 31.2 Å². The molecule has 2 aromatic heterocycles. The van der Waals surface area contributed by atoms with Crippen molar-refractivity contribution in [3.05, 3.63) is 69.6 Å². The molecule has 1 aromatic carbocycles. The van der Waals surface area contributed by atoms with Crippen LogP contribution in [0.5, 0.6) is 0 Å². The first kappa shape index (κ1) is 11.1. The third-order valence-corrected chi connectivity index (χ3v) is 3.70. The number of aryl methyl sites for hydroxylation is 1. The summed E-state index contributed by atoms with van der Waals surface area (Å²) in [5.41, 5.74) is 3.03. The van der Waals surface area contributed by atoms with Gasteiger partial charge in [0.1, 0.15) is 11.2 Å². The fourth-order valence-electron chi connectivity index (χ4n) is 2.76. The van der Waals surface area contributed by atoms with Gasteiger partial charge in [0.2, 0.25) is 5.78 Å². The Morgan fingerprint density at radius 1 is 0.950 bits per heavy atom. The van der Waals surface area contributed by atoms with E-state index in [2.05, 4.69) is 4.98 Å². The van der Waals surface area contributed by atoms with Gasteiger partial charge in [0.05, 0.1) is 5.69 Å². The number of fused-ring (bicyclic) bond motifs is 4. The minimum absolute atomic E-state index is 0.179. The van der Waals surface area contributed by atoms with Crippen LogP contribution in [0.2, 0.25) is 0 Å². The lowest BCUT2D eigenvalue weighted by molar-refractivity contribution is 0.104. The number of rotatable bonds is 0. The summed E-state index contributed by atoms with van der Waals surface area (Å²) in [7, 11) is 0. The van der Waals surface area contributed by atoms with Gasteiger partial charge in [-0.05, 0) is 19.1 Å². The second-order valence-corrected chi connectivity index (χ2v) is 4.88. The standard InChI is InChI=1S/C16H10N2O2/c1-9-5-4-8-12-17-14-10-6-2-3-7-11(10)15(19)13(14)16(20)18(9)12/h2-8H,1H3. The van der Waals surface area contributed by atoms with Crippen molar-refractivity contribution in [2.75, 3.05) is 0 Å². The van der Waals surface area contributed by atoms with Gasteiger partial charge in [-0.25, -0.2) is 4.98 Å². The molecule has 0 unspecified atom stereocenters. The van der Waals surface area contributed by atoms with Gasteiger partial charge >= 0.3 is 0 Å². The van der Waals surface area contributed by atoms with Crippen molar-refractivity contribution in [1.29, 1.82) is 0 Å². The molecule has 0 amide bonds. The van der Waals surface area contributed by atoms with Crippen molar-refractivity contribution in [2.24, 2.45) is 0 Å². The maximum atomic E-state index is 12.6. The van der Waals surface area contributed by atoms with Crippen molar-refractivity contribution in [3.8, 4) is 11.3 Å². The zero-order chi connectivity index (χ0) is 13.9. The average molecular weight is 262 g/mol. The lowest BCUT2D eigenvalue weighted by atomic mass is 10.1. The van der Waals surface area contributed by atoms with Gasteiger partial charge in [0.25, 0.3) is 5.56 Å². The molecule has 0 bridgehead atoms. The molecule has 96 valence electrons. The normalized spacial score (nSPS) is 12.6. The highest BCUT2D eigenvalue weighted by molar-refractivity contribution is 6.20. The smallest absolute Gasteiger partial charge is 0.269 e. The predicted octanol–water partition coefficient (Wildman–Crippen LogP) is 2.21. The first-order valence-electron chi connectivity index (χ1n) is 6.35. The molecule has 4 heteroatoms. The van der Waals surface area contributed by atoms with Crippen molar-refractivity contribution < 1.29 is 4.79 Å². The van der Waals surface area contributed by atoms with E-state index in [0.29, 0.717) is 16.9 Å². The van der Waals surface area contributed by atoms with E-state index in [0.717, 1.165) is 11.3 Å². The maximum Gasteiger partial charge on any atom is 0.269 e. The summed E-state index contributed by atoms with van der Waals surface area (Å²) >= 11 is 0. The zero-order valence-electron chi connectivity index (χ0n) is 10.8. The Balaban J connectivity index is 2.23. The van der Waals surface area contributed by atoms with Crippen molar-refractivity contribution in [1.82, 2.24) is 9.38 Å². The van der Waals surface area contributed by atoms with E-state index in [4.69, 9.17) is 0 Å². The predicted molar refractivity (Wildman–Crippen MR) is 75.1 cm³/mol. The highest BCUT2D eigenvalue weighted by Gasteiger charge is 2.31. The molecular formula is C16H10N2O2. The first-order valence-corrected chi connectivity index (χ1v) is 6.35. The van der Waals surface area contributed by atoms with Crippen molar-refractivity contribution >= 4 is 11.4 Å². The molecule has 0 N–H and O–H groups in total. The van der Waals surface area contributed by atoms with Crippen LogP contribution >= 0.6 is 0 Å². The molecule has 0 aliphatic heterocycles. The number of ketones is 1. The van der Waals surface area contributed by atoms with Crippen LogP contribution < -0.4 is 5.56 Å². The van der Waals surface area contributed by atoms with Crippen molar-refractivity contribution in [3.63, 3.8) is 0 Å². The molecule has 2 heterocycles. The highest BCUT2D eigenvalue weighted by atomic mass is 16.1. The van der Waals surface area contributed by atoms with Gasteiger partial charge in [-0.1, -0.05) is 30.3 Å². The van der Waals surface area contributed by atoms with Crippen LogP contribution in [-0.4, -0.2) is 15.2 Å². The van der Waals surface area contributed by atoms with Gasteiger partial charge < -0.3 is 0 Å². The number of pyridine rings is 1. The number of aromatic nitrogens is 2. The Morgan fingerprint density at radius 3 is 2.50 bits per heavy atom. The molecule has 0 atom stereocenters. The fourth-order valence-corrected chi connectivity index (χ4v) is 2.76. The molecule has 4 nitrogen and oxygen atoms in total. The number of hydrogen-bond acceptors (Lipinski definition) is 3. The summed E-state index contributed by atoms with van der Waals surface area (Å²) in [5.74, 6) is -0.231. The molecule has 0 saturated carbocycles. The lowest BCUT2D eigenvalue weighted by Gasteiger charge is -2.06. The summed E-state index contributed by atoms with van der Waals surface area (Å²) in [6, 6.07) is 12.7. The Bertz CT molecular complexity index is 954. The third kappa shape index (κ3) is 1.23. The van der Waals surface area contributed by atoms with E-state index >= 15 is 0 Å². The quantitative estimate of drug-likeness (QED) is 0.488. The lowest BCUT2D eigenvalue weighted by Crippen LogP contribution is -2.23. The molecule has 0 radical (unpaired) electrons. The van der Waals surface area contributed by atoms with Crippen LogP contribution in [0.25, 0.3) is 16.9 Å². The number of carbonyl (C=O) groups is 1. The summed E-state index contributed by atoms with van der Waals surface area (Å²) in [5, 5.41) is 0. The Labute approximate surface area is 114 Å².